The first kappa shape index (κ1) is 15.8. The number of hydrogen-bond donors (Lipinski definition) is 0. The summed E-state index contributed by atoms with van der Waals surface area (Å²) in [6.07, 6.45) is 0. The highest BCUT2D eigenvalue weighted by Gasteiger charge is 2.19. The fourth-order valence-corrected chi connectivity index (χ4v) is 2.00. The van der Waals surface area contributed by atoms with Crippen LogP contribution in [0.5, 0.6) is 5.75 Å². The van der Waals surface area contributed by atoms with Crippen LogP contribution in [0.3, 0.4) is 0 Å². The molecule has 0 aromatic heterocycles. The molecule has 0 saturated heterocycles. The molecule has 7 heteroatoms. The first-order chi connectivity index (χ1) is 10.5. The Morgan fingerprint density at radius 3 is 2.64 bits per heavy atom. The van der Waals surface area contributed by atoms with Crippen molar-refractivity contribution in [2.24, 2.45) is 0 Å². The van der Waals surface area contributed by atoms with Crippen molar-refractivity contribution in [3.8, 4) is 5.75 Å². The van der Waals surface area contributed by atoms with Crippen LogP contribution in [0.2, 0.25) is 5.02 Å². The number of benzene rings is 2. The number of nitrogens with zero attached hydrogens (tertiary/aromatic N) is 1. The number of halogens is 1. The lowest BCUT2D eigenvalue weighted by atomic mass is 10.1. The second-order valence-electron chi connectivity index (χ2n) is 4.31. The van der Waals surface area contributed by atoms with Gasteiger partial charge < -0.3 is 9.47 Å². The largest absolute Gasteiger partial charge is 0.496 e. The van der Waals surface area contributed by atoms with Crippen molar-refractivity contribution in [3.63, 3.8) is 0 Å². The predicted octanol–water partition coefficient (Wildman–Crippen LogP) is 3.61. The van der Waals surface area contributed by atoms with E-state index in [0.29, 0.717) is 10.6 Å². The van der Waals surface area contributed by atoms with E-state index in [1.807, 2.05) is 0 Å². The van der Waals surface area contributed by atoms with Gasteiger partial charge in [0.05, 0.1) is 12.0 Å². The van der Waals surface area contributed by atoms with Crippen molar-refractivity contribution in [2.45, 2.75) is 6.61 Å². The Morgan fingerprint density at radius 1 is 1.27 bits per heavy atom. The second kappa shape index (κ2) is 6.91. The molecule has 2 aromatic carbocycles. The highest BCUT2D eigenvalue weighted by atomic mass is 35.5. The number of carbonyl (C=O) groups is 1. The van der Waals surface area contributed by atoms with E-state index in [4.69, 9.17) is 21.1 Å². The Labute approximate surface area is 131 Å². The van der Waals surface area contributed by atoms with Gasteiger partial charge in [0.25, 0.3) is 5.69 Å². The van der Waals surface area contributed by atoms with Crippen LogP contribution in [0.1, 0.15) is 15.9 Å². The molecule has 0 fully saturated rings. The Morgan fingerprint density at radius 2 is 2.00 bits per heavy atom. The maximum atomic E-state index is 12.1. The van der Waals surface area contributed by atoms with Gasteiger partial charge >= 0.3 is 5.97 Å². The highest BCUT2D eigenvalue weighted by molar-refractivity contribution is 6.31. The summed E-state index contributed by atoms with van der Waals surface area (Å²) in [6.45, 7) is -0.0373. The Hall–Kier alpha value is -2.60. The number of rotatable bonds is 5. The van der Waals surface area contributed by atoms with Gasteiger partial charge in [-0.15, -0.1) is 0 Å². The van der Waals surface area contributed by atoms with Crippen molar-refractivity contribution >= 4 is 23.3 Å². The quantitative estimate of drug-likeness (QED) is 0.477. The van der Waals surface area contributed by atoms with Gasteiger partial charge in [0.1, 0.15) is 17.9 Å². The van der Waals surface area contributed by atoms with Crippen LogP contribution >= 0.6 is 11.6 Å². The summed E-state index contributed by atoms with van der Waals surface area (Å²) >= 11 is 5.97. The molecule has 6 nitrogen and oxygen atoms in total. The van der Waals surface area contributed by atoms with E-state index in [1.165, 1.54) is 19.2 Å². The molecule has 0 N–H and O–H groups in total. The van der Waals surface area contributed by atoms with Crippen LogP contribution in [0.4, 0.5) is 5.69 Å². The minimum atomic E-state index is -0.722. The molecule has 0 bridgehead atoms. The third kappa shape index (κ3) is 3.53. The van der Waals surface area contributed by atoms with E-state index < -0.39 is 10.9 Å². The normalized spacial score (nSPS) is 10.1. The molecule has 0 radical (unpaired) electrons. The van der Waals surface area contributed by atoms with Crippen LogP contribution in [0, 0.1) is 10.1 Å². The third-order valence-corrected chi connectivity index (χ3v) is 3.30. The van der Waals surface area contributed by atoms with Gasteiger partial charge in [-0.1, -0.05) is 29.8 Å². The molecule has 0 aliphatic rings. The summed E-state index contributed by atoms with van der Waals surface area (Å²) in [5, 5.41) is 11.3. The van der Waals surface area contributed by atoms with E-state index in [9.17, 15) is 14.9 Å². The summed E-state index contributed by atoms with van der Waals surface area (Å²) in [5.41, 5.74) is 0.413. The standard InChI is InChI=1S/C15H12ClNO5/c1-21-14-7-6-11(17(19)20)8-12(14)15(18)22-9-10-4-2-3-5-13(10)16/h2-8H,9H2,1H3. The smallest absolute Gasteiger partial charge is 0.342 e. The summed E-state index contributed by atoms with van der Waals surface area (Å²) in [5.74, 6) is -0.518. The number of non-ortho nitro benzene ring substituents is 1. The Balaban J connectivity index is 2.20. The van der Waals surface area contributed by atoms with Crippen LogP contribution in [-0.4, -0.2) is 18.0 Å². The number of ether oxygens (including phenoxy) is 2. The van der Waals surface area contributed by atoms with Crippen LogP contribution in [0.25, 0.3) is 0 Å². The van der Waals surface area contributed by atoms with Crippen molar-refractivity contribution < 1.29 is 19.2 Å². The molecule has 0 heterocycles. The average Bonchev–Trinajstić information content (AvgIpc) is 2.53. The van der Waals surface area contributed by atoms with Gasteiger partial charge in [-0.2, -0.15) is 0 Å². The minimum Gasteiger partial charge on any atom is -0.496 e. The number of nitro groups is 1. The molecule has 2 aromatic rings. The molecule has 0 spiro atoms. The Bertz CT molecular complexity index is 717. The van der Waals surface area contributed by atoms with Gasteiger partial charge in [0.2, 0.25) is 0 Å². The number of carbonyl (C=O) groups excluding carboxylic acids is 1. The van der Waals surface area contributed by atoms with Crippen LogP contribution < -0.4 is 4.74 Å². The van der Waals surface area contributed by atoms with E-state index in [-0.39, 0.29) is 23.6 Å². The molecule has 0 unspecified atom stereocenters. The molecular formula is C15H12ClNO5. The van der Waals surface area contributed by atoms with Gasteiger partial charge in [-0.3, -0.25) is 10.1 Å². The van der Waals surface area contributed by atoms with E-state index in [0.717, 1.165) is 6.07 Å². The number of methoxy groups -OCH3 is 1. The topological polar surface area (TPSA) is 78.7 Å². The zero-order chi connectivity index (χ0) is 16.1. The summed E-state index contributed by atoms with van der Waals surface area (Å²) in [4.78, 5) is 22.3. The van der Waals surface area contributed by atoms with Gasteiger partial charge in [0.15, 0.2) is 0 Å². The molecular weight excluding hydrogens is 310 g/mol. The number of hydrogen-bond acceptors (Lipinski definition) is 5. The Kier molecular flexibility index (Phi) is 4.95. The maximum absolute atomic E-state index is 12.1. The van der Waals surface area contributed by atoms with Crippen molar-refractivity contribution in [1.82, 2.24) is 0 Å². The number of nitro benzene ring substituents is 1. The molecule has 0 aliphatic carbocycles. The fraction of sp³-hybridized carbons (Fsp3) is 0.133. The zero-order valence-electron chi connectivity index (χ0n) is 11.6. The highest BCUT2D eigenvalue weighted by Crippen LogP contribution is 2.25. The summed E-state index contributed by atoms with van der Waals surface area (Å²) in [6, 6.07) is 10.7. The van der Waals surface area contributed by atoms with E-state index >= 15 is 0 Å². The van der Waals surface area contributed by atoms with Crippen LogP contribution in [0.15, 0.2) is 42.5 Å². The zero-order valence-corrected chi connectivity index (χ0v) is 12.4. The molecule has 0 atom stereocenters. The number of esters is 1. The lowest BCUT2D eigenvalue weighted by Crippen LogP contribution is -2.08. The molecule has 0 amide bonds. The third-order valence-electron chi connectivity index (χ3n) is 2.93. The fourth-order valence-electron chi connectivity index (χ4n) is 1.81. The van der Waals surface area contributed by atoms with E-state index in [1.54, 1.807) is 24.3 Å². The van der Waals surface area contributed by atoms with Crippen molar-refractivity contribution in [1.29, 1.82) is 0 Å². The van der Waals surface area contributed by atoms with Crippen molar-refractivity contribution in [2.75, 3.05) is 7.11 Å². The molecule has 22 heavy (non-hydrogen) atoms. The van der Waals surface area contributed by atoms with Crippen molar-refractivity contribution in [3.05, 3.63) is 68.7 Å². The summed E-state index contributed by atoms with van der Waals surface area (Å²) < 4.78 is 10.2. The SMILES string of the molecule is COc1ccc([N+](=O)[O-])cc1C(=O)OCc1ccccc1Cl. The summed E-state index contributed by atoms with van der Waals surface area (Å²) in [7, 11) is 1.37. The van der Waals surface area contributed by atoms with Gasteiger partial charge in [0, 0.05) is 22.7 Å². The van der Waals surface area contributed by atoms with Crippen LogP contribution in [-0.2, 0) is 11.3 Å². The predicted molar refractivity (Wildman–Crippen MR) is 80.2 cm³/mol. The molecule has 114 valence electrons. The van der Waals surface area contributed by atoms with E-state index in [2.05, 4.69) is 0 Å². The lowest BCUT2D eigenvalue weighted by Gasteiger charge is -2.09. The minimum absolute atomic E-state index is 0.0104. The first-order valence-electron chi connectivity index (χ1n) is 6.26. The second-order valence-corrected chi connectivity index (χ2v) is 4.72. The molecule has 0 saturated carbocycles. The maximum Gasteiger partial charge on any atom is 0.342 e. The van der Waals surface area contributed by atoms with Gasteiger partial charge in [-0.05, 0) is 12.1 Å². The molecule has 0 aliphatic heterocycles. The lowest BCUT2D eigenvalue weighted by molar-refractivity contribution is -0.384. The first-order valence-corrected chi connectivity index (χ1v) is 6.63. The monoisotopic (exact) mass is 321 g/mol. The van der Waals surface area contributed by atoms with Gasteiger partial charge in [-0.25, -0.2) is 4.79 Å². The average molecular weight is 322 g/mol. The molecule has 2 rings (SSSR count).